The Bertz CT molecular complexity index is 800. The summed E-state index contributed by atoms with van der Waals surface area (Å²) >= 11 is 0. The normalized spacial score (nSPS) is 16.5. The second-order valence-electron chi connectivity index (χ2n) is 6.84. The summed E-state index contributed by atoms with van der Waals surface area (Å²) < 4.78 is 15.9. The number of hydrogen-bond donors (Lipinski definition) is 0. The molecule has 2 heterocycles. The zero-order valence-electron chi connectivity index (χ0n) is 15.9. The fourth-order valence-corrected chi connectivity index (χ4v) is 3.63. The van der Waals surface area contributed by atoms with Gasteiger partial charge in [0.15, 0.2) is 17.3 Å². The number of aromatic nitrogens is 2. The van der Waals surface area contributed by atoms with Crippen molar-refractivity contribution in [3.8, 4) is 11.5 Å². The number of benzene rings is 1. The molecule has 1 amide bonds. The first-order valence-electron chi connectivity index (χ1n) is 8.78. The van der Waals surface area contributed by atoms with E-state index < -0.39 is 0 Å². The summed E-state index contributed by atoms with van der Waals surface area (Å²) in [7, 11) is 3.26. The van der Waals surface area contributed by atoms with Crippen LogP contribution in [0, 0.1) is 12.8 Å². The zero-order chi connectivity index (χ0) is 18.8. The lowest BCUT2D eigenvalue weighted by Crippen LogP contribution is -2.43. The van der Waals surface area contributed by atoms with Crippen LogP contribution in [0.3, 0.4) is 0 Å². The molecule has 0 fully saturated rings. The van der Waals surface area contributed by atoms with Crippen molar-refractivity contribution in [3.05, 3.63) is 35.0 Å². The Morgan fingerprint density at radius 2 is 2.00 bits per heavy atom. The van der Waals surface area contributed by atoms with Gasteiger partial charge in [-0.3, -0.25) is 4.79 Å². The molecule has 3 rings (SSSR count). The molecule has 2 aromatic rings. The Morgan fingerprint density at radius 1 is 1.31 bits per heavy atom. The van der Waals surface area contributed by atoms with Crippen molar-refractivity contribution in [1.29, 1.82) is 0 Å². The lowest BCUT2D eigenvalue weighted by molar-refractivity contribution is -0.134. The van der Waals surface area contributed by atoms with E-state index in [9.17, 15) is 4.79 Å². The van der Waals surface area contributed by atoms with E-state index in [2.05, 4.69) is 24.0 Å². The van der Waals surface area contributed by atoms with Crippen molar-refractivity contribution in [1.82, 2.24) is 15.0 Å². The van der Waals surface area contributed by atoms with Crippen molar-refractivity contribution < 1.29 is 18.8 Å². The van der Waals surface area contributed by atoms with Crippen LogP contribution in [0.15, 0.2) is 16.7 Å². The third kappa shape index (κ3) is 3.38. The number of ether oxygens (including phenoxy) is 2. The molecule has 0 saturated heterocycles. The number of methoxy groups -OCH3 is 2. The monoisotopic (exact) mass is 359 g/mol. The van der Waals surface area contributed by atoms with Gasteiger partial charge in [-0.25, -0.2) is 0 Å². The molecule has 0 aliphatic carbocycles. The first kappa shape index (κ1) is 18.2. The maximum Gasteiger partial charge on any atom is 0.230 e. The summed E-state index contributed by atoms with van der Waals surface area (Å²) in [5, 5.41) is 3.84. The van der Waals surface area contributed by atoms with Crippen LogP contribution in [0.25, 0.3) is 0 Å². The summed E-state index contributed by atoms with van der Waals surface area (Å²) in [6, 6.07) is 3.99. The van der Waals surface area contributed by atoms with Crippen molar-refractivity contribution in [2.45, 2.75) is 39.7 Å². The van der Waals surface area contributed by atoms with Gasteiger partial charge in [0.1, 0.15) is 0 Å². The van der Waals surface area contributed by atoms with Gasteiger partial charge in [0.2, 0.25) is 11.8 Å². The largest absolute Gasteiger partial charge is 0.493 e. The summed E-state index contributed by atoms with van der Waals surface area (Å²) in [6.45, 7) is 6.61. The molecular formula is C19H25N3O4. The predicted octanol–water partition coefficient (Wildman–Crippen LogP) is 2.72. The highest BCUT2D eigenvalue weighted by atomic mass is 16.5. The number of aryl methyl sites for hydroxylation is 1. The molecule has 1 atom stereocenters. The van der Waals surface area contributed by atoms with Gasteiger partial charge in [-0.1, -0.05) is 19.0 Å². The summed E-state index contributed by atoms with van der Waals surface area (Å²) in [5.41, 5.74) is 2.31. The van der Waals surface area contributed by atoms with Gasteiger partial charge in [0, 0.05) is 13.5 Å². The van der Waals surface area contributed by atoms with E-state index in [1.54, 1.807) is 21.1 Å². The maximum atomic E-state index is 12.9. The van der Waals surface area contributed by atoms with Crippen molar-refractivity contribution in [3.63, 3.8) is 0 Å². The number of carbonyl (C=O) groups is 1. The van der Waals surface area contributed by atoms with Crippen LogP contribution in [0.5, 0.6) is 11.5 Å². The lowest BCUT2D eigenvalue weighted by Gasteiger charge is -2.40. The highest BCUT2D eigenvalue weighted by molar-refractivity contribution is 5.79. The third-order valence-electron chi connectivity index (χ3n) is 4.75. The van der Waals surface area contributed by atoms with Gasteiger partial charge in [-0.05, 0) is 35.6 Å². The van der Waals surface area contributed by atoms with Gasteiger partial charge in [0.05, 0.1) is 26.7 Å². The first-order valence-corrected chi connectivity index (χ1v) is 8.78. The summed E-state index contributed by atoms with van der Waals surface area (Å²) in [6.07, 6.45) is 0.916. The minimum atomic E-state index is -0.0287. The standard InChI is InChI=1S/C19H25N3O4/c1-11(2)19-14-9-16(25-5)15(24-4)8-13(14)6-7-22(19)18(23)10-17-20-12(3)26-21-17/h8-9,11,19H,6-7,10H2,1-5H3. The molecule has 0 spiro atoms. The average Bonchev–Trinajstić information content (AvgIpc) is 3.03. The fourth-order valence-electron chi connectivity index (χ4n) is 3.63. The van der Waals surface area contributed by atoms with Gasteiger partial charge < -0.3 is 18.9 Å². The van der Waals surface area contributed by atoms with E-state index in [1.165, 1.54) is 5.56 Å². The van der Waals surface area contributed by atoms with Crippen LogP contribution >= 0.6 is 0 Å². The van der Waals surface area contributed by atoms with Crippen LogP contribution in [-0.4, -0.2) is 41.7 Å². The Balaban J connectivity index is 1.93. The number of rotatable bonds is 5. The van der Waals surface area contributed by atoms with E-state index in [4.69, 9.17) is 14.0 Å². The zero-order valence-corrected chi connectivity index (χ0v) is 15.9. The third-order valence-corrected chi connectivity index (χ3v) is 4.75. The minimum absolute atomic E-state index is 0.00457. The molecule has 0 radical (unpaired) electrons. The smallest absolute Gasteiger partial charge is 0.230 e. The predicted molar refractivity (Wildman–Crippen MR) is 95.3 cm³/mol. The second-order valence-corrected chi connectivity index (χ2v) is 6.84. The lowest BCUT2D eigenvalue weighted by atomic mass is 9.85. The van der Waals surface area contributed by atoms with E-state index in [0.29, 0.717) is 24.0 Å². The first-order chi connectivity index (χ1) is 12.4. The van der Waals surface area contributed by atoms with Crippen molar-refractivity contribution >= 4 is 5.91 Å². The molecule has 140 valence electrons. The molecule has 7 heteroatoms. The molecule has 26 heavy (non-hydrogen) atoms. The molecule has 1 aliphatic rings. The number of fused-ring (bicyclic) bond motifs is 1. The Labute approximate surface area is 153 Å². The molecule has 1 aromatic carbocycles. The molecule has 1 aromatic heterocycles. The van der Waals surface area contributed by atoms with Crippen molar-refractivity contribution in [2.24, 2.45) is 5.92 Å². The second kappa shape index (κ2) is 7.35. The fraction of sp³-hybridized carbons (Fsp3) is 0.526. The highest BCUT2D eigenvalue weighted by Gasteiger charge is 2.34. The van der Waals surface area contributed by atoms with E-state index in [0.717, 1.165) is 17.7 Å². The molecule has 1 aliphatic heterocycles. The molecule has 0 N–H and O–H groups in total. The molecule has 7 nitrogen and oxygen atoms in total. The number of hydrogen-bond acceptors (Lipinski definition) is 6. The number of carbonyl (C=O) groups excluding carboxylic acids is 1. The highest BCUT2D eigenvalue weighted by Crippen LogP contribution is 2.41. The summed E-state index contributed by atoms with van der Waals surface area (Å²) in [4.78, 5) is 19.0. The Kier molecular flexibility index (Phi) is 5.15. The Hall–Kier alpha value is -2.57. The van der Waals surface area contributed by atoms with E-state index in [1.807, 2.05) is 17.0 Å². The quantitative estimate of drug-likeness (QED) is 0.817. The van der Waals surface area contributed by atoms with E-state index in [-0.39, 0.29) is 24.3 Å². The number of amides is 1. The molecule has 0 saturated carbocycles. The SMILES string of the molecule is COc1cc2c(cc1OC)C(C(C)C)N(C(=O)Cc1noc(C)n1)CC2. The molecule has 0 bridgehead atoms. The average molecular weight is 359 g/mol. The minimum Gasteiger partial charge on any atom is -0.493 e. The maximum absolute atomic E-state index is 12.9. The van der Waals surface area contributed by atoms with Gasteiger partial charge in [0.25, 0.3) is 0 Å². The summed E-state index contributed by atoms with van der Waals surface area (Å²) in [5.74, 6) is 2.55. The topological polar surface area (TPSA) is 77.7 Å². The van der Waals surface area contributed by atoms with Crippen molar-refractivity contribution in [2.75, 3.05) is 20.8 Å². The van der Waals surface area contributed by atoms with Crippen LogP contribution in [-0.2, 0) is 17.6 Å². The molecular weight excluding hydrogens is 334 g/mol. The molecule has 1 unspecified atom stereocenters. The van der Waals surface area contributed by atoms with Gasteiger partial charge in [-0.2, -0.15) is 4.98 Å². The van der Waals surface area contributed by atoms with Crippen LogP contribution in [0.1, 0.15) is 42.7 Å². The van der Waals surface area contributed by atoms with E-state index >= 15 is 0 Å². The van der Waals surface area contributed by atoms with Gasteiger partial charge in [-0.15, -0.1) is 0 Å². The van der Waals surface area contributed by atoms with Gasteiger partial charge >= 0.3 is 0 Å². The van der Waals surface area contributed by atoms with Crippen LogP contribution in [0.2, 0.25) is 0 Å². The van der Waals surface area contributed by atoms with Crippen LogP contribution in [0.4, 0.5) is 0 Å². The number of nitrogens with zero attached hydrogens (tertiary/aromatic N) is 3. The Morgan fingerprint density at radius 3 is 2.58 bits per heavy atom. The van der Waals surface area contributed by atoms with Crippen LogP contribution < -0.4 is 9.47 Å².